The van der Waals surface area contributed by atoms with E-state index in [9.17, 15) is 14.0 Å². The Morgan fingerprint density at radius 2 is 1.94 bits per heavy atom. The summed E-state index contributed by atoms with van der Waals surface area (Å²) in [5.41, 5.74) is 3.38. The van der Waals surface area contributed by atoms with Gasteiger partial charge < -0.3 is 14.5 Å². The lowest BCUT2D eigenvalue weighted by atomic mass is 10.0. The van der Waals surface area contributed by atoms with Crippen molar-refractivity contribution in [2.75, 3.05) is 32.8 Å². The summed E-state index contributed by atoms with van der Waals surface area (Å²) in [6.07, 6.45) is 2.00. The number of fused-ring (bicyclic) bond motifs is 1. The lowest BCUT2D eigenvalue weighted by molar-refractivity contribution is -0.136. The summed E-state index contributed by atoms with van der Waals surface area (Å²) in [4.78, 5) is 34.1. The van der Waals surface area contributed by atoms with Crippen molar-refractivity contribution < 1.29 is 18.7 Å². The summed E-state index contributed by atoms with van der Waals surface area (Å²) < 4.78 is 20.3. The molecule has 0 bridgehead atoms. The highest BCUT2D eigenvalue weighted by Crippen LogP contribution is 2.26. The second-order valence-corrected chi connectivity index (χ2v) is 9.18. The third-order valence-corrected chi connectivity index (χ3v) is 6.33. The lowest BCUT2D eigenvalue weighted by Crippen LogP contribution is -2.55. The molecule has 1 aromatic carbocycles. The highest BCUT2D eigenvalue weighted by molar-refractivity contribution is 5.93. The molecule has 1 atom stereocenters. The predicted molar refractivity (Wildman–Crippen MR) is 131 cm³/mol. The van der Waals surface area contributed by atoms with Crippen LogP contribution in [0, 0.1) is 5.82 Å². The maximum Gasteiger partial charge on any atom is 0.274 e. The van der Waals surface area contributed by atoms with Crippen LogP contribution in [-0.2, 0) is 9.53 Å². The minimum absolute atomic E-state index is 0.0462. The number of carbonyl (C=O) groups is 2. The molecule has 0 aliphatic carbocycles. The number of nitrogens with zero attached hydrogens (tertiary/aromatic N) is 5. The van der Waals surface area contributed by atoms with E-state index in [4.69, 9.17) is 4.74 Å². The van der Waals surface area contributed by atoms with Gasteiger partial charge in [0.25, 0.3) is 5.91 Å². The number of piperazine rings is 1. The van der Waals surface area contributed by atoms with Crippen LogP contribution in [0.5, 0.6) is 0 Å². The first-order valence-corrected chi connectivity index (χ1v) is 12.1. The molecule has 1 aliphatic rings. The molecule has 3 heterocycles. The van der Waals surface area contributed by atoms with Gasteiger partial charge >= 0.3 is 0 Å². The zero-order chi connectivity index (χ0) is 25.1. The molecule has 1 saturated heterocycles. The van der Waals surface area contributed by atoms with Crippen molar-refractivity contribution in [1.29, 1.82) is 0 Å². The summed E-state index contributed by atoms with van der Waals surface area (Å²) in [5.74, 6) is -0.289. The van der Waals surface area contributed by atoms with E-state index in [1.807, 2.05) is 24.8 Å². The molecule has 3 aromatic rings. The number of halogens is 1. The minimum atomic E-state index is -0.306. The first-order chi connectivity index (χ1) is 16.8. The Balaban J connectivity index is 1.55. The standard InChI is InChI=1S/C26H32FN5O3/c1-5-35-13-10-24(33)31-12-11-30(15-18(31)4)26(34)23-16-32-25(28-23)21(17(2)3)14-22(29-32)19-6-8-20(27)9-7-19/h6-9,14,16-18H,5,10-13,15H2,1-4H3/t18-/m0/s1. The summed E-state index contributed by atoms with van der Waals surface area (Å²) in [6, 6.07) is 8.04. The number of hydrogen-bond donors (Lipinski definition) is 0. The third kappa shape index (κ3) is 5.35. The number of ether oxygens (including phenoxy) is 1. The Hall–Kier alpha value is -3.33. The normalized spacial score (nSPS) is 16.3. The summed E-state index contributed by atoms with van der Waals surface area (Å²) >= 11 is 0. The van der Waals surface area contributed by atoms with E-state index in [2.05, 4.69) is 23.9 Å². The van der Waals surface area contributed by atoms with Crippen LogP contribution in [0.4, 0.5) is 4.39 Å². The number of rotatable bonds is 7. The molecule has 0 N–H and O–H groups in total. The van der Waals surface area contributed by atoms with Crippen molar-refractivity contribution in [2.24, 2.45) is 0 Å². The fraction of sp³-hybridized carbons (Fsp3) is 0.462. The van der Waals surface area contributed by atoms with Gasteiger partial charge in [-0.15, -0.1) is 0 Å². The monoisotopic (exact) mass is 481 g/mol. The molecule has 1 aliphatic heterocycles. The second-order valence-electron chi connectivity index (χ2n) is 9.18. The number of hydrogen-bond acceptors (Lipinski definition) is 5. The first-order valence-electron chi connectivity index (χ1n) is 12.1. The Labute approximate surface area is 204 Å². The molecule has 8 nitrogen and oxygen atoms in total. The topological polar surface area (TPSA) is 80.0 Å². The van der Waals surface area contributed by atoms with Crippen molar-refractivity contribution in [2.45, 2.75) is 46.1 Å². The predicted octanol–water partition coefficient (Wildman–Crippen LogP) is 3.76. The van der Waals surface area contributed by atoms with Gasteiger partial charge in [0.1, 0.15) is 11.5 Å². The van der Waals surface area contributed by atoms with E-state index in [-0.39, 0.29) is 29.6 Å². The highest BCUT2D eigenvalue weighted by Gasteiger charge is 2.31. The van der Waals surface area contributed by atoms with Crippen molar-refractivity contribution >= 4 is 17.5 Å². The molecule has 0 saturated carbocycles. The number of carbonyl (C=O) groups excluding carboxylic acids is 2. The molecule has 35 heavy (non-hydrogen) atoms. The van der Waals surface area contributed by atoms with Crippen LogP contribution < -0.4 is 0 Å². The molecule has 4 rings (SSSR count). The first kappa shape index (κ1) is 24.8. The van der Waals surface area contributed by atoms with Crippen molar-refractivity contribution in [1.82, 2.24) is 24.4 Å². The van der Waals surface area contributed by atoms with E-state index in [0.717, 1.165) is 11.1 Å². The zero-order valence-electron chi connectivity index (χ0n) is 20.7. The van der Waals surface area contributed by atoms with Crippen LogP contribution >= 0.6 is 0 Å². The Morgan fingerprint density at radius 3 is 2.60 bits per heavy atom. The average molecular weight is 482 g/mol. The van der Waals surface area contributed by atoms with E-state index in [1.54, 1.807) is 27.7 Å². The van der Waals surface area contributed by atoms with Crippen LogP contribution in [0.3, 0.4) is 0 Å². The molecule has 1 fully saturated rings. The van der Waals surface area contributed by atoms with E-state index in [0.29, 0.717) is 56.3 Å². The van der Waals surface area contributed by atoms with Crippen molar-refractivity contribution in [3.05, 3.63) is 53.6 Å². The molecule has 2 amide bonds. The van der Waals surface area contributed by atoms with E-state index >= 15 is 0 Å². The Bertz CT molecular complexity index is 1210. The van der Waals surface area contributed by atoms with Crippen LogP contribution in [0.1, 0.15) is 56.1 Å². The van der Waals surface area contributed by atoms with Crippen LogP contribution in [0.15, 0.2) is 36.5 Å². The van der Waals surface area contributed by atoms with Crippen LogP contribution in [0.2, 0.25) is 0 Å². The maximum atomic E-state index is 13.4. The fourth-order valence-corrected chi connectivity index (χ4v) is 4.41. The lowest BCUT2D eigenvalue weighted by Gasteiger charge is -2.39. The van der Waals surface area contributed by atoms with Gasteiger partial charge in [-0.3, -0.25) is 9.59 Å². The largest absolute Gasteiger partial charge is 0.381 e. The van der Waals surface area contributed by atoms with Gasteiger partial charge in [0.2, 0.25) is 5.91 Å². The maximum absolute atomic E-state index is 13.4. The van der Waals surface area contributed by atoms with Gasteiger partial charge in [0.15, 0.2) is 5.65 Å². The SMILES string of the molecule is CCOCCC(=O)N1CCN(C(=O)c2cn3nc(-c4ccc(F)cc4)cc(C(C)C)c3n2)C[C@@H]1C. The third-order valence-electron chi connectivity index (χ3n) is 6.33. The summed E-state index contributed by atoms with van der Waals surface area (Å²) in [7, 11) is 0. The van der Waals surface area contributed by atoms with Gasteiger partial charge in [-0.05, 0) is 50.1 Å². The molecule has 0 spiro atoms. The summed E-state index contributed by atoms with van der Waals surface area (Å²) in [6.45, 7) is 10.3. The second kappa shape index (κ2) is 10.5. The van der Waals surface area contributed by atoms with Crippen molar-refractivity contribution in [3.8, 4) is 11.3 Å². The quantitative estimate of drug-likeness (QED) is 0.480. The molecular weight excluding hydrogens is 449 g/mol. The van der Waals surface area contributed by atoms with Gasteiger partial charge in [-0.1, -0.05) is 13.8 Å². The smallest absolute Gasteiger partial charge is 0.274 e. The zero-order valence-corrected chi connectivity index (χ0v) is 20.7. The molecular formula is C26H32FN5O3. The fourth-order valence-electron chi connectivity index (χ4n) is 4.41. The molecule has 2 aromatic heterocycles. The number of aromatic nitrogens is 3. The van der Waals surface area contributed by atoms with Gasteiger partial charge in [-0.25, -0.2) is 13.9 Å². The molecule has 9 heteroatoms. The minimum Gasteiger partial charge on any atom is -0.381 e. The molecule has 0 radical (unpaired) electrons. The number of imidazole rings is 1. The number of benzene rings is 1. The van der Waals surface area contributed by atoms with Crippen LogP contribution in [0.25, 0.3) is 16.9 Å². The number of amides is 2. The Morgan fingerprint density at radius 1 is 1.20 bits per heavy atom. The average Bonchev–Trinajstić information content (AvgIpc) is 3.27. The van der Waals surface area contributed by atoms with Gasteiger partial charge in [0, 0.05) is 43.4 Å². The highest BCUT2D eigenvalue weighted by atomic mass is 19.1. The van der Waals surface area contributed by atoms with Crippen LogP contribution in [-0.4, -0.2) is 75.1 Å². The van der Waals surface area contributed by atoms with E-state index < -0.39 is 0 Å². The van der Waals surface area contributed by atoms with Gasteiger partial charge in [-0.2, -0.15) is 5.10 Å². The molecule has 0 unspecified atom stereocenters. The van der Waals surface area contributed by atoms with E-state index in [1.165, 1.54) is 12.1 Å². The summed E-state index contributed by atoms with van der Waals surface area (Å²) in [5, 5.41) is 4.65. The Kier molecular flexibility index (Phi) is 7.45. The molecule has 186 valence electrons. The van der Waals surface area contributed by atoms with Gasteiger partial charge in [0.05, 0.1) is 24.9 Å². The van der Waals surface area contributed by atoms with Crippen molar-refractivity contribution in [3.63, 3.8) is 0 Å².